The van der Waals surface area contributed by atoms with Crippen LogP contribution in [0.2, 0.25) is 0 Å². The van der Waals surface area contributed by atoms with Gasteiger partial charge in [-0.25, -0.2) is 0 Å². The molecule has 3 N–H and O–H groups in total. The SMILES string of the molecule is CC1=C(C)N(C)C(C(=S)CC(=O)CC[C@H](N)C(=O)O)N1C. The van der Waals surface area contributed by atoms with Crippen LogP contribution >= 0.6 is 12.2 Å². The van der Waals surface area contributed by atoms with Gasteiger partial charge in [0.15, 0.2) is 0 Å². The van der Waals surface area contributed by atoms with Gasteiger partial charge < -0.3 is 20.6 Å². The summed E-state index contributed by atoms with van der Waals surface area (Å²) in [5.41, 5.74) is 7.65. The van der Waals surface area contributed by atoms with Crippen LogP contribution in [0.5, 0.6) is 0 Å². The molecule has 6 nitrogen and oxygen atoms in total. The molecule has 0 fully saturated rings. The summed E-state index contributed by atoms with van der Waals surface area (Å²) >= 11 is 5.40. The van der Waals surface area contributed by atoms with E-state index in [1.165, 1.54) is 0 Å². The van der Waals surface area contributed by atoms with Gasteiger partial charge in [-0.1, -0.05) is 12.2 Å². The molecule has 0 aromatic rings. The number of carbonyl (C=O) groups excluding carboxylic acids is 1. The van der Waals surface area contributed by atoms with Crippen molar-refractivity contribution >= 4 is 28.8 Å². The number of carboxylic acids is 1. The van der Waals surface area contributed by atoms with E-state index in [0.717, 1.165) is 11.4 Å². The molecule has 0 spiro atoms. The highest BCUT2D eigenvalue weighted by Gasteiger charge is 2.32. The fraction of sp³-hybridized carbons (Fsp3) is 0.643. The lowest BCUT2D eigenvalue weighted by Crippen LogP contribution is -2.42. The predicted octanol–water partition coefficient (Wildman–Crippen LogP) is 0.962. The van der Waals surface area contributed by atoms with Gasteiger partial charge in [0.1, 0.15) is 18.0 Å². The minimum absolute atomic E-state index is 0.0688. The van der Waals surface area contributed by atoms with E-state index in [9.17, 15) is 9.59 Å². The Bertz CT molecular complexity index is 472. The van der Waals surface area contributed by atoms with Crippen LogP contribution in [0.3, 0.4) is 0 Å². The van der Waals surface area contributed by atoms with Crippen LogP contribution in [0.1, 0.15) is 33.1 Å². The molecule has 0 aliphatic carbocycles. The molecular formula is C14H23N3O3S. The number of carboxylic acid groups (broad SMARTS) is 1. The second-order valence-corrected chi connectivity index (χ2v) is 5.96. The highest BCUT2D eigenvalue weighted by atomic mass is 32.1. The Morgan fingerprint density at radius 1 is 1.29 bits per heavy atom. The van der Waals surface area contributed by atoms with Gasteiger partial charge in [-0.3, -0.25) is 9.59 Å². The topological polar surface area (TPSA) is 86.9 Å². The summed E-state index contributed by atoms with van der Waals surface area (Å²) in [6.07, 6.45) is 0.349. The first kappa shape index (κ1) is 17.6. The van der Waals surface area contributed by atoms with E-state index in [1.807, 2.05) is 37.7 Å². The number of allylic oxidation sites excluding steroid dienone is 2. The Hall–Kier alpha value is -1.47. The average Bonchev–Trinajstić information content (AvgIpc) is 2.60. The molecule has 0 radical (unpaired) electrons. The maximum absolute atomic E-state index is 11.9. The van der Waals surface area contributed by atoms with Gasteiger partial charge in [-0.05, 0) is 20.3 Å². The van der Waals surface area contributed by atoms with Crippen molar-refractivity contribution < 1.29 is 14.7 Å². The van der Waals surface area contributed by atoms with Crippen LogP contribution in [-0.2, 0) is 9.59 Å². The van der Waals surface area contributed by atoms with Crippen molar-refractivity contribution in [2.24, 2.45) is 5.73 Å². The summed E-state index contributed by atoms with van der Waals surface area (Å²) in [4.78, 5) is 27.3. The fourth-order valence-corrected chi connectivity index (χ4v) is 2.86. The summed E-state index contributed by atoms with van der Waals surface area (Å²) < 4.78 is 0. The Morgan fingerprint density at radius 2 is 1.76 bits per heavy atom. The maximum Gasteiger partial charge on any atom is 0.320 e. The molecule has 1 heterocycles. The first-order valence-corrected chi connectivity index (χ1v) is 7.23. The highest BCUT2D eigenvalue weighted by molar-refractivity contribution is 7.80. The van der Waals surface area contributed by atoms with Gasteiger partial charge in [0.25, 0.3) is 0 Å². The summed E-state index contributed by atoms with van der Waals surface area (Å²) in [5, 5.41) is 8.70. The minimum Gasteiger partial charge on any atom is -0.480 e. The second kappa shape index (κ2) is 7.00. The standard InChI is InChI=1S/C14H23N3O3S/c1-8-9(2)17(4)13(16(8)3)12(21)7-10(18)5-6-11(15)14(19)20/h11,13H,5-7,15H2,1-4H3,(H,19,20)/t11-/m0/s1. The molecule has 118 valence electrons. The van der Waals surface area contributed by atoms with Crippen LogP contribution in [0, 0.1) is 0 Å². The Balaban J connectivity index is 2.55. The summed E-state index contributed by atoms with van der Waals surface area (Å²) in [5.74, 6) is -1.16. The van der Waals surface area contributed by atoms with E-state index in [0.29, 0.717) is 4.86 Å². The second-order valence-electron chi connectivity index (χ2n) is 5.43. The fourth-order valence-electron chi connectivity index (χ4n) is 2.38. The minimum atomic E-state index is -1.09. The third-order valence-electron chi connectivity index (χ3n) is 4.03. The lowest BCUT2D eigenvalue weighted by atomic mass is 10.1. The summed E-state index contributed by atoms with van der Waals surface area (Å²) in [6.45, 7) is 4.03. The average molecular weight is 313 g/mol. The number of rotatable bonds is 7. The molecule has 1 rings (SSSR count). The van der Waals surface area contributed by atoms with Crippen molar-refractivity contribution in [3.05, 3.63) is 11.4 Å². The first-order valence-electron chi connectivity index (χ1n) is 6.82. The molecule has 7 heteroatoms. The zero-order chi connectivity index (χ0) is 16.3. The highest BCUT2D eigenvalue weighted by Crippen LogP contribution is 2.27. The lowest BCUT2D eigenvalue weighted by Gasteiger charge is -2.30. The summed E-state index contributed by atoms with van der Waals surface area (Å²) in [6, 6.07) is -0.995. The van der Waals surface area contributed by atoms with Gasteiger partial charge in [0, 0.05) is 43.2 Å². The van der Waals surface area contributed by atoms with E-state index in [1.54, 1.807) is 0 Å². The molecule has 0 aromatic heterocycles. The van der Waals surface area contributed by atoms with Crippen molar-refractivity contribution in [2.75, 3.05) is 14.1 Å². The number of carbonyl (C=O) groups is 2. The van der Waals surface area contributed by atoms with Gasteiger partial charge in [0.05, 0.1) is 0 Å². The van der Waals surface area contributed by atoms with E-state index < -0.39 is 12.0 Å². The number of thiocarbonyl (C=S) groups is 1. The molecule has 0 amide bonds. The molecule has 1 aliphatic rings. The predicted molar refractivity (Wildman–Crippen MR) is 84.8 cm³/mol. The molecule has 0 bridgehead atoms. The summed E-state index contributed by atoms with van der Waals surface area (Å²) in [7, 11) is 3.90. The molecule has 0 saturated heterocycles. The normalized spacial score (nSPS) is 17.4. The molecule has 0 saturated carbocycles. The van der Waals surface area contributed by atoms with Crippen LogP contribution in [0.15, 0.2) is 11.4 Å². The zero-order valence-corrected chi connectivity index (χ0v) is 13.7. The van der Waals surface area contributed by atoms with E-state index in [2.05, 4.69) is 0 Å². The number of ketones is 1. The Kier molecular flexibility index (Phi) is 5.86. The largest absolute Gasteiger partial charge is 0.480 e. The van der Waals surface area contributed by atoms with Crippen molar-refractivity contribution in [1.82, 2.24) is 9.80 Å². The molecular weight excluding hydrogens is 290 g/mol. The molecule has 1 aliphatic heterocycles. The van der Waals surface area contributed by atoms with Crippen LogP contribution < -0.4 is 5.73 Å². The van der Waals surface area contributed by atoms with Gasteiger partial charge in [-0.2, -0.15) is 0 Å². The maximum atomic E-state index is 11.9. The monoisotopic (exact) mass is 313 g/mol. The zero-order valence-electron chi connectivity index (χ0n) is 12.9. The number of nitrogens with zero attached hydrogens (tertiary/aromatic N) is 2. The third-order valence-corrected chi connectivity index (χ3v) is 4.38. The van der Waals surface area contributed by atoms with Gasteiger partial charge in [-0.15, -0.1) is 0 Å². The number of hydrogen-bond donors (Lipinski definition) is 2. The Morgan fingerprint density at radius 3 is 2.19 bits per heavy atom. The van der Waals surface area contributed by atoms with Crippen molar-refractivity contribution in [3.8, 4) is 0 Å². The van der Waals surface area contributed by atoms with Crippen LogP contribution in [0.25, 0.3) is 0 Å². The van der Waals surface area contributed by atoms with Gasteiger partial charge >= 0.3 is 5.97 Å². The van der Waals surface area contributed by atoms with Crippen molar-refractivity contribution in [1.29, 1.82) is 0 Å². The molecule has 0 unspecified atom stereocenters. The molecule has 21 heavy (non-hydrogen) atoms. The molecule has 0 aromatic carbocycles. The van der Waals surface area contributed by atoms with Crippen molar-refractivity contribution in [2.45, 2.75) is 45.3 Å². The number of nitrogens with two attached hydrogens (primary N) is 1. The Labute approximate surface area is 130 Å². The quantitative estimate of drug-likeness (QED) is 0.677. The first-order chi connectivity index (χ1) is 9.66. The van der Waals surface area contributed by atoms with E-state index in [-0.39, 0.29) is 31.2 Å². The van der Waals surface area contributed by atoms with Crippen molar-refractivity contribution in [3.63, 3.8) is 0 Å². The number of aliphatic carboxylic acids is 1. The van der Waals surface area contributed by atoms with Crippen LogP contribution in [0.4, 0.5) is 0 Å². The van der Waals surface area contributed by atoms with Crippen LogP contribution in [-0.4, -0.2) is 57.8 Å². The number of Topliss-reactive ketones (excluding diaryl/α,β-unsaturated/α-hetero) is 1. The van der Waals surface area contributed by atoms with Gasteiger partial charge in [0.2, 0.25) is 0 Å². The lowest BCUT2D eigenvalue weighted by molar-refractivity contribution is -0.138. The van der Waals surface area contributed by atoms with E-state index in [4.69, 9.17) is 23.1 Å². The smallest absolute Gasteiger partial charge is 0.320 e. The third kappa shape index (κ3) is 4.01. The molecule has 1 atom stereocenters. The number of hydrogen-bond acceptors (Lipinski definition) is 6. The van der Waals surface area contributed by atoms with E-state index >= 15 is 0 Å².